The highest BCUT2D eigenvalue weighted by molar-refractivity contribution is 7.80. The smallest absolute Gasteiger partial charge is 0.169 e. The molecule has 2 rings (SSSR count). The van der Waals surface area contributed by atoms with Gasteiger partial charge in [-0.25, -0.2) is 4.39 Å². The van der Waals surface area contributed by atoms with E-state index in [2.05, 4.69) is 22.0 Å². The predicted octanol–water partition coefficient (Wildman–Crippen LogP) is 2.62. The van der Waals surface area contributed by atoms with Gasteiger partial charge in [0.25, 0.3) is 0 Å². The van der Waals surface area contributed by atoms with Gasteiger partial charge in [0.15, 0.2) is 5.11 Å². The van der Waals surface area contributed by atoms with Gasteiger partial charge in [-0.15, -0.1) is 0 Å². The lowest BCUT2D eigenvalue weighted by atomic mass is 10.2. The molecule has 1 heterocycles. The summed E-state index contributed by atoms with van der Waals surface area (Å²) in [6, 6.07) is 6.70. The van der Waals surface area contributed by atoms with Gasteiger partial charge in [0.05, 0.1) is 0 Å². The Kier molecular flexibility index (Phi) is 5.59. The molecule has 0 atom stereocenters. The van der Waals surface area contributed by atoms with Gasteiger partial charge in [0.1, 0.15) is 5.82 Å². The lowest BCUT2D eigenvalue weighted by molar-refractivity contribution is 0.380. The summed E-state index contributed by atoms with van der Waals surface area (Å²) in [7, 11) is 0. The van der Waals surface area contributed by atoms with E-state index in [0.717, 1.165) is 49.9 Å². The van der Waals surface area contributed by atoms with Crippen LogP contribution >= 0.6 is 12.2 Å². The number of hydrogen-bond donors (Lipinski definition) is 1. The van der Waals surface area contributed by atoms with Gasteiger partial charge in [-0.2, -0.15) is 0 Å². The lowest BCUT2D eigenvalue weighted by Crippen LogP contribution is -2.51. The fourth-order valence-electron chi connectivity index (χ4n) is 2.30. The van der Waals surface area contributed by atoms with E-state index >= 15 is 0 Å². The number of thiocarbonyl (C=S) groups is 1. The summed E-state index contributed by atoms with van der Waals surface area (Å²) >= 11 is 5.41. The first-order valence-electron chi connectivity index (χ1n) is 7.24. The fourth-order valence-corrected chi connectivity index (χ4v) is 2.59. The largest absolute Gasteiger partial charge is 0.368 e. The molecule has 0 unspecified atom stereocenters. The number of unbranched alkanes of at least 4 members (excludes halogenated alkanes) is 1. The number of piperazine rings is 1. The summed E-state index contributed by atoms with van der Waals surface area (Å²) in [4.78, 5) is 4.48. The van der Waals surface area contributed by atoms with Crippen molar-refractivity contribution in [3.63, 3.8) is 0 Å². The summed E-state index contributed by atoms with van der Waals surface area (Å²) in [5.41, 5.74) is 1.08. The molecule has 1 saturated heterocycles. The maximum atomic E-state index is 12.9. The molecule has 1 aromatic rings. The van der Waals surface area contributed by atoms with E-state index in [-0.39, 0.29) is 5.82 Å². The number of anilines is 1. The van der Waals surface area contributed by atoms with Crippen molar-refractivity contribution in [3.8, 4) is 0 Å². The second-order valence-corrected chi connectivity index (χ2v) is 5.42. The quantitative estimate of drug-likeness (QED) is 0.679. The first kappa shape index (κ1) is 15.0. The van der Waals surface area contributed by atoms with Gasteiger partial charge in [0.2, 0.25) is 0 Å². The number of rotatable bonds is 4. The second kappa shape index (κ2) is 7.43. The normalized spacial score (nSPS) is 15.3. The number of hydrogen-bond acceptors (Lipinski definition) is 2. The SMILES string of the molecule is CCCCNC(=S)N1CCN(c2ccc(F)cc2)CC1. The van der Waals surface area contributed by atoms with Crippen molar-refractivity contribution in [2.75, 3.05) is 37.6 Å². The Morgan fingerprint density at radius 1 is 1.20 bits per heavy atom. The standard InChI is InChI=1S/C15H22FN3S/c1-2-3-8-17-15(20)19-11-9-18(10-12-19)14-6-4-13(16)5-7-14/h4-7H,2-3,8-12H2,1H3,(H,17,20). The van der Waals surface area contributed by atoms with Gasteiger partial charge in [-0.3, -0.25) is 0 Å². The molecule has 110 valence electrons. The van der Waals surface area contributed by atoms with E-state index in [1.54, 1.807) is 0 Å². The van der Waals surface area contributed by atoms with Crippen LogP contribution < -0.4 is 10.2 Å². The highest BCUT2D eigenvalue weighted by Gasteiger charge is 2.18. The predicted molar refractivity (Wildman–Crippen MR) is 85.7 cm³/mol. The Morgan fingerprint density at radius 3 is 2.45 bits per heavy atom. The third-order valence-corrected chi connectivity index (χ3v) is 3.97. The van der Waals surface area contributed by atoms with Crippen LogP contribution in [0.15, 0.2) is 24.3 Å². The van der Waals surface area contributed by atoms with Crippen molar-refractivity contribution in [3.05, 3.63) is 30.1 Å². The van der Waals surface area contributed by atoms with E-state index in [4.69, 9.17) is 12.2 Å². The highest BCUT2D eigenvalue weighted by atomic mass is 32.1. The topological polar surface area (TPSA) is 18.5 Å². The Balaban J connectivity index is 1.80. The first-order chi connectivity index (χ1) is 9.70. The zero-order valence-electron chi connectivity index (χ0n) is 11.9. The van der Waals surface area contributed by atoms with E-state index in [0.29, 0.717) is 0 Å². The van der Waals surface area contributed by atoms with Gasteiger partial charge in [-0.05, 0) is 42.9 Å². The molecular weight excluding hydrogens is 273 g/mol. The van der Waals surface area contributed by atoms with E-state index in [1.165, 1.54) is 18.6 Å². The van der Waals surface area contributed by atoms with Gasteiger partial charge < -0.3 is 15.1 Å². The third kappa shape index (κ3) is 4.07. The Hall–Kier alpha value is -1.36. The first-order valence-corrected chi connectivity index (χ1v) is 7.65. The van der Waals surface area contributed by atoms with E-state index in [9.17, 15) is 4.39 Å². The maximum absolute atomic E-state index is 12.9. The Labute approximate surface area is 125 Å². The molecule has 0 spiro atoms. The lowest BCUT2D eigenvalue weighted by Gasteiger charge is -2.37. The van der Waals surface area contributed by atoms with Crippen molar-refractivity contribution in [2.45, 2.75) is 19.8 Å². The molecule has 0 amide bonds. The molecule has 5 heteroatoms. The molecule has 0 aromatic heterocycles. The Bertz CT molecular complexity index is 427. The molecule has 1 aliphatic heterocycles. The van der Waals surface area contributed by atoms with Crippen molar-refractivity contribution in [2.24, 2.45) is 0 Å². The monoisotopic (exact) mass is 295 g/mol. The molecule has 0 saturated carbocycles. The molecule has 1 aliphatic rings. The number of nitrogens with zero attached hydrogens (tertiary/aromatic N) is 2. The van der Waals surface area contributed by atoms with Crippen LogP contribution in [0.25, 0.3) is 0 Å². The average Bonchev–Trinajstić information content (AvgIpc) is 2.48. The average molecular weight is 295 g/mol. The third-order valence-electron chi connectivity index (χ3n) is 3.57. The van der Waals surface area contributed by atoms with Crippen molar-refractivity contribution < 1.29 is 4.39 Å². The van der Waals surface area contributed by atoms with Crippen LogP contribution in [0.1, 0.15) is 19.8 Å². The fraction of sp³-hybridized carbons (Fsp3) is 0.533. The van der Waals surface area contributed by atoms with Crippen molar-refractivity contribution >= 4 is 23.0 Å². The van der Waals surface area contributed by atoms with Gasteiger partial charge in [0, 0.05) is 38.4 Å². The van der Waals surface area contributed by atoms with Crippen LogP contribution in [0.5, 0.6) is 0 Å². The number of benzene rings is 1. The van der Waals surface area contributed by atoms with Crippen LogP contribution in [0, 0.1) is 5.82 Å². The second-order valence-electron chi connectivity index (χ2n) is 5.04. The minimum absolute atomic E-state index is 0.186. The van der Waals surface area contributed by atoms with E-state index < -0.39 is 0 Å². The summed E-state index contributed by atoms with van der Waals surface area (Å²) in [6.45, 7) is 6.78. The summed E-state index contributed by atoms with van der Waals surface area (Å²) in [5.74, 6) is -0.186. The highest BCUT2D eigenvalue weighted by Crippen LogP contribution is 2.16. The molecule has 1 aromatic carbocycles. The van der Waals surface area contributed by atoms with E-state index in [1.807, 2.05) is 12.1 Å². The summed E-state index contributed by atoms with van der Waals surface area (Å²) < 4.78 is 12.9. The maximum Gasteiger partial charge on any atom is 0.169 e. The van der Waals surface area contributed by atoms with Gasteiger partial charge in [-0.1, -0.05) is 13.3 Å². The zero-order valence-corrected chi connectivity index (χ0v) is 12.8. The number of nitrogens with one attached hydrogen (secondary N) is 1. The molecule has 1 fully saturated rings. The number of halogens is 1. The minimum atomic E-state index is -0.186. The van der Waals surface area contributed by atoms with Crippen LogP contribution in [-0.4, -0.2) is 42.7 Å². The summed E-state index contributed by atoms with van der Waals surface area (Å²) in [6.07, 6.45) is 2.32. The zero-order chi connectivity index (χ0) is 14.4. The molecular formula is C15H22FN3S. The summed E-state index contributed by atoms with van der Waals surface area (Å²) in [5, 5.41) is 4.16. The molecule has 0 bridgehead atoms. The van der Waals surface area contributed by atoms with Gasteiger partial charge >= 0.3 is 0 Å². The molecule has 0 aliphatic carbocycles. The van der Waals surface area contributed by atoms with Crippen molar-refractivity contribution in [1.82, 2.24) is 10.2 Å². The molecule has 0 radical (unpaired) electrons. The molecule has 3 nitrogen and oxygen atoms in total. The Morgan fingerprint density at radius 2 is 1.85 bits per heavy atom. The van der Waals surface area contributed by atoms with Crippen LogP contribution in [-0.2, 0) is 0 Å². The molecule has 1 N–H and O–H groups in total. The van der Waals surface area contributed by atoms with Crippen molar-refractivity contribution in [1.29, 1.82) is 0 Å². The van der Waals surface area contributed by atoms with Crippen LogP contribution in [0.4, 0.5) is 10.1 Å². The van der Waals surface area contributed by atoms with Crippen LogP contribution in [0.3, 0.4) is 0 Å². The minimum Gasteiger partial charge on any atom is -0.368 e. The molecule has 20 heavy (non-hydrogen) atoms. The van der Waals surface area contributed by atoms with Crippen LogP contribution in [0.2, 0.25) is 0 Å².